The number of ketones is 1. The van der Waals surface area contributed by atoms with Crippen LogP contribution in [0.25, 0.3) is 0 Å². The van der Waals surface area contributed by atoms with Crippen LogP contribution in [0.4, 0.5) is 0 Å². The molecule has 3 saturated carbocycles. The number of hydrogen-bond donors (Lipinski definition) is 0. The number of oxime groups is 1. The van der Waals surface area contributed by atoms with Crippen LogP contribution < -0.4 is 0 Å². The smallest absolute Gasteiger partial charge is 0.139 e. The summed E-state index contributed by atoms with van der Waals surface area (Å²) in [4.78, 5) is 20.4. The molecule has 1 aromatic rings. The number of likely N-dealkylation sites (N-methyl/N-ethyl adjacent to an activating group) is 1. The first-order valence-electron chi connectivity index (χ1n) is 13.8. The van der Waals surface area contributed by atoms with Gasteiger partial charge in [0, 0.05) is 31.0 Å². The van der Waals surface area contributed by atoms with Gasteiger partial charge >= 0.3 is 0 Å². The lowest BCUT2D eigenvalue weighted by molar-refractivity contribution is -0.130. The fraction of sp³-hybridized carbons (Fsp3) is 0.786. The van der Waals surface area contributed by atoms with Gasteiger partial charge in [-0.15, -0.1) is 5.10 Å². The Kier molecular flexibility index (Phi) is 8.79. The topological polar surface area (TPSA) is 72.6 Å². The standard InChI is InChI=1S/C28H45N5O2/c1-5-6-7-23(30-35-17-16-33-20-24(29-31-33)13-15-32(3)4)19-21-8-9-25-22(18-21)12-14-28(2)26(25)10-11-27(28)34/h19-20,22,25-26H,5-18H2,1-4H3. The van der Waals surface area contributed by atoms with Crippen LogP contribution in [0.5, 0.6) is 0 Å². The number of hydrogen-bond acceptors (Lipinski definition) is 6. The van der Waals surface area contributed by atoms with E-state index in [0.717, 1.165) is 81.2 Å². The summed E-state index contributed by atoms with van der Waals surface area (Å²) in [6, 6.07) is 0. The highest BCUT2D eigenvalue weighted by molar-refractivity contribution is 5.95. The zero-order valence-corrected chi connectivity index (χ0v) is 22.3. The molecule has 1 aromatic heterocycles. The van der Waals surface area contributed by atoms with E-state index in [0.29, 0.717) is 24.9 Å². The summed E-state index contributed by atoms with van der Waals surface area (Å²) < 4.78 is 1.84. The van der Waals surface area contributed by atoms with Gasteiger partial charge in [0.1, 0.15) is 12.4 Å². The summed E-state index contributed by atoms with van der Waals surface area (Å²) in [5, 5.41) is 13.0. The van der Waals surface area contributed by atoms with Crippen molar-refractivity contribution in [2.45, 2.75) is 91.0 Å². The molecule has 7 nitrogen and oxygen atoms in total. The van der Waals surface area contributed by atoms with Crippen LogP contribution in [-0.2, 0) is 22.6 Å². The molecule has 4 atom stereocenters. The van der Waals surface area contributed by atoms with Crippen molar-refractivity contribution in [3.8, 4) is 0 Å². The maximum absolute atomic E-state index is 12.5. The molecule has 4 unspecified atom stereocenters. The maximum Gasteiger partial charge on any atom is 0.139 e. The van der Waals surface area contributed by atoms with Crippen molar-refractivity contribution in [3.63, 3.8) is 0 Å². The van der Waals surface area contributed by atoms with Crippen LogP contribution in [0.1, 0.15) is 83.7 Å². The molecule has 0 N–H and O–H groups in total. The summed E-state index contributed by atoms with van der Waals surface area (Å²) in [6.07, 6.45) is 16.2. The third kappa shape index (κ3) is 6.41. The fourth-order valence-corrected chi connectivity index (χ4v) is 6.65. The molecule has 0 radical (unpaired) electrons. The van der Waals surface area contributed by atoms with Gasteiger partial charge in [0.2, 0.25) is 0 Å². The molecule has 0 aromatic carbocycles. The Morgan fingerprint density at radius 1 is 1.31 bits per heavy atom. The molecule has 0 bridgehead atoms. The van der Waals surface area contributed by atoms with Crippen molar-refractivity contribution in [3.05, 3.63) is 23.5 Å². The minimum Gasteiger partial charge on any atom is -0.394 e. The molecular weight excluding hydrogens is 438 g/mol. The third-order valence-electron chi connectivity index (χ3n) is 8.77. The number of fused-ring (bicyclic) bond motifs is 3. The molecule has 3 fully saturated rings. The highest BCUT2D eigenvalue weighted by Crippen LogP contribution is 2.58. The molecule has 0 amide bonds. The van der Waals surface area contributed by atoms with Crippen molar-refractivity contribution in [2.75, 3.05) is 27.2 Å². The Morgan fingerprint density at radius 2 is 2.17 bits per heavy atom. The molecule has 7 heteroatoms. The largest absolute Gasteiger partial charge is 0.394 e. The van der Waals surface area contributed by atoms with Crippen LogP contribution in [0.3, 0.4) is 0 Å². The second-order valence-corrected chi connectivity index (χ2v) is 11.5. The number of rotatable bonds is 11. The zero-order chi connectivity index (χ0) is 24.8. The van der Waals surface area contributed by atoms with E-state index < -0.39 is 0 Å². The van der Waals surface area contributed by atoms with Gasteiger partial charge < -0.3 is 9.74 Å². The average Bonchev–Trinajstić information content (AvgIpc) is 3.42. The van der Waals surface area contributed by atoms with E-state index in [-0.39, 0.29) is 5.41 Å². The summed E-state index contributed by atoms with van der Waals surface area (Å²) in [6.45, 7) is 6.59. The first kappa shape index (κ1) is 26.1. The van der Waals surface area contributed by atoms with E-state index in [4.69, 9.17) is 4.84 Å². The van der Waals surface area contributed by atoms with Gasteiger partial charge in [-0.05, 0) is 89.3 Å². The summed E-state index contributed by atoms with van der Waals surface area (Å²) in [7, 11) is 4.13. The summed E-state index contributed by atoms with van der Waals surface area (Å²) in [5.41, 5.74) is 3.58. The number of nitrogens with zero attached hydrogens (tertiary/aromatic N) is 5. The molecular formula is C28H45N5O2. The van der Waals surface area contributed by atoms with Gasteiger partial charge in [-0.2, -0.15) is 0 Å². The van der Waals surface area contributed by atoms with E-state index >= 15 is 0 Å². The Labute approximate surface area is 211 Å². The van der Waals surface area contributed by atoms with Crippen LogP contribution in [0.15, 0.2) is 23.0 Å². The lowest BCUT2D eigenvalue weighted by Crippen LogP contribution is -2.43. The maximum atomic E-state index is 12.5. The van der Waals surface area contributed by atoms with Gasteiger partial charge in [-0.3, -0.25) is 4.79 Å². The molecule has 35 heavy (non-hydrogen) atoms. The van der Waals surface area contributed by atoms with E-state index in [1.54, 1.807) is 0 Å². The third-order valence-corrected chi connectivity index (χ3v) is 8.77. The normalized spacial score (nSPS) is 30.1. The van der Waals surface area contributed by atoms with E-state index in [1.807, 2.05) is 10.9 Å². The molecule has 3 aliphatic rings. The van der Waals surface area contributed by atoms with Crippen LogP contribution in [0.2, 0.25) is 0 Å². The second kappa shape index (κ2) is 11.8. The van der Waals surface area contributed by atoms with Crippen molar-refractivity contribution in [2.24, 2.45) is 28.3 Å². The van der Waals surface area contributed by atoms with Crippen molar-refractivity contribution in [1.82, 2.24) is 19.9 Å². The van der Waals surface area contributed by atoms with Gasteiger partial charge in [-0.1, -0.05) is 36.2 Å². The van der Waals surface area contributed by atoms with E-state index in [9.17, 15) is 4.79 Å². The Morgan fingerprint density at radius 3 is 2.97 bits per heavy atom. The summed E-state index contributed by atoms with van der Waals surface area (Å²) in [5.74, 6) is 2.62. The Bertz CT molecular complexity index is 920. The van der Waals surface area contributed by atoms with Crippen molar-refractivity contribution in [1.29, 1.82) is 0 Å². The monoisotopic (exact) mass is 483 g/mol. The number of aromatic nitrogens is 3. The highest BCUT2D eigenvalue weighted by Gasteiger charge is 2.53. The first-order chi connectivity index (χ1) is 16.9. The number of carbonyl (C=O) groups is 1. The average molecular weight is 484 g/mol. The number of carbonyl (C=O) groups excluding carboxylic acids is 1. The first-order valence-corrected chi connectivity index (χ1v) is 13.8. The highest BCUT2D eigenvalue weighted by atomic mass is 16.6. The van der Waals surface area contributed by atoms with Gasteiger partial charge in [0.05, 0.1) is 18.0 Å². The minimum absolute atomic E-state index is 0.0266. The minimum atomic E-state index is -0.0266. The predicted molar refractivity (Wildman–Crippen MR) is 139 cm³/mol. The Balaban J connectivity index is 1.31. The number of allylic oxidation sites excluding steroid dienone is 2. The lowest BCUT2D eigenvalue weighted by Gasteiger charge is -2.48. The molecule has 1 heterocycles. The SMILES string of the molecule is CCCCC(C=C1CCC2C(CCC3(C)C(=O)CCC23)C1)=NOCCn1cc(CCN(C)C)nn1. The number of unbranched alkanes of at least 4 members (excludes halogenated alkanes) is 1. The fourth-order valence-electron chi connectivity index (χ4n) is 6.65. The quantitative estimate of drug-likeness (QED) is 0.250. The zero-order valence-electron chi connectivity index (χ0n) is 22.3. The van der Waals surface area contributed by atoms with Crippen LogP contribution in [-0.4, -0.2) is 58.6 Å². The molecule has 194 valence electrons. The lowest BCUT2D eigenvalue weighted by atomic mass is 9.56. The molecule has 4 rings (SSSR count). The molecule has 3 aliphatic carbocycles. The predicted octanol–water partition coefficient (Wildman–Crippen LogP) is 5.07. The molecule has 0 saturated heterocycles. The van der Waals surface area contributed by atoms with Gasteiger partial charge in [0.25, 0.3) is 0 Å². The van der Waals surface area contributed by atoms with Crippen LogP contribution in [0, 0.1) is 23.2 Å². The molecule has 0 aliphatic heterocycles. The second-order valence-electron chi connectivity index (χ2n) is 11.5. The van der Waals surface area contributed by atoms with E-state index in [1.165, 1.54) is 24.8 Å². The number of Topliss-reactive ketones (excluding diaryl/α,β-unsaturated/α-hetero) is 1. The van der Waals surface area contributed by atoms with Gasteiger partial charge in [0.15, 0.2) is 0 Å². The summed E-state index contributed by atoms with van der Waals surface area (Å²) >= 11 is 0. The van der Waals surface area contributed by atoms with Crippen LogP contribution >= 0.6 is 0 Å². The van der Waals surface area contributed by atoms with Gasteiger partial charge in [-0.25, -0.2) is 4.68 Å². The Hall–Kier alpha value is -2.02. The molecule has 0 spiro atoms. The van der Waals surface area contributed by atoms with Crippen molar-refractivity contribution >= 4 is 11.5 Å². The van der Waals surface area contributed by atoms with Crippen molar-refractivity contribution < 1.29 is 9.63 Å². The van der Waals surface area contributed by atoms with E-state index in [2.05, 4.69) is 54.4 Å².